The molecule has 0 bridgehead atoms. The minimum Gasteiger partial charge on any atom is -0.481 e. The summed E-state index contributed by atoms with van der Waals surface area (Å²) in [6.07, 6.45) is 14.9. The van der Waals surface area contributed by atoms with Gasteiger partial charge in [-0.05, 0) is 6.42 Å². The first-order valence-electron chi connectivity index (χ1n) is 8.25. The molecular weight excluding hydrogens is 266 g/mol. The van der Waals surface area contributed by atoms with Gasteiger partial charge in [0, 0.05) is 13.5 Å². The molecule has 5 N–H and O–H groups in total. The molecule has 0 aliphatic heterocycles. The van der Waals surface area contributed by atoms with Crippen LogP contribution in [-0.4, -0.2) is 23.6 Å². The number of nitrogens with two attached hydrogens (primary N) is 2. The minimum absolute atomic E-state index is 0.220. The molecular formula is C16H35N3O2. The molecule has 0 atom stereocenters. The molecule has 0 fully saturated rings. The van der Waals surface area contributed by atoms with Crippen molar-refractivity contribution in [3.63, 3.8) is 0 Å². The van der Waals surface area contributed by atoms with Crippen molar-refractivity contribution in [2.45, 2.75) is 84.5 Å². The highest BCUT2D eigenvalue weighted by molar-refractivity contribution is 5.75. The van der Waals surface area contributed by atoms with Crippen molar-refractivity contribution in [2.24, 2.45) is 16.5 Å². The number of hydrogen-bond donors (Lipinski definition) is 3. The van der Waals surface area contributed by atoms with Gasteiger partial charge in [-0.1, -0.05) is 71.1 Å². The molecule has 0 aliphatic carbocycles. The maximum absolute atomic E-state index is 9.00. The van der Waals surface area contributed by atoms with Crippen LogP contribution in [-0.2, 0) is 4.79 Å². The summed E-state index contributed by atoms with van der Waals surface area (Å²) >= 11 is 0. The van der Waals surface area contributed by atoms with Gasteiger partial charge in [-0.25, -0.2) is 0 Å². The average molecular weight is 301 g/mol. The molecule has 5 nitrogen and oxygen atoms in total. The van der Waals surface area contributed by atoms with Crippen LogP contribution in [0.2, 0.25) is 0 Å². The van der Waals surface area contributed by atoms with Crippen LogP contribution in [0.3, 0.4) is 0 Å². The van der Waals surface area contributed by atoms with Crippen LogP contribution in [0.15, 0.2) is 4.99 Å². The summed E-state index contributed by atoms with van der Waals surface area (Å²) in [4.78, 5) is 13.0. The van der Waals surface area contributed by atoms with E-state index < -0.39 is 5.97 Å². The van der Waals surface area contributed by atoms with Crippen LogP contribution >= 0.6 is 0 Å². The number of carboxylic acid groups (broad SMARTS) is 1. The second-order valence-corrected chi connectivity index (χ2v) is 5.36. The Bertz CT molecular complexity index is 248. The fourth-order valence-corrected chi connectivity index (χ4v) is 1.98. The van der Waals surface area contributed by atoms with Gasteiger partial charge in [-0.3, -0.25) is 9.79 Å². The zero-order chi connectivity index (χ0) is 16.3. The third-order valence-electron chi connectivity index (χ3n) is 3.06. The lowest BCUT2D eigenvalue weighted by molar-refractivity contribution is -0.134. The molecule has 21 heavy (non-hydrogen) atoms. The van der Waals surface area contributed by atoms with Gasteiger partial charge in [0.25, 0.3) is 5.97 Å². The smallest absolute Gasteiger partial charge is 0.300 e. The molecule has 0 aromatic carbocycles. The first kappa shape index (κ1) is 22.0. The Morgan fingerprint density at radius 1 is 0.857 bits per heavy atom. The van der Waals surface area contributed by atoms with Crippen molar-refractivity contribution in [1.29, 1.82) is 0 Å². The largest absolute Gasteiger partial charge is 0.481 e. The Labute approximate surface area is 130 Å². The Morgan fingerprint density at radius 3 is 1.52 bits per heavy atom. The average Bonchev–Trinajstić information content (AvgIpc) is 2.39. The van der Waals surface area contributed by atoms with E-state index in [1.165, 1.54) is 64.2 Å². The van der Waals surface area contributed by atoms with E-state index in [0.29, 0.717) is 0 Å². The summed E-state index contributed by atoms with van der Waals surface area (Å²) in [6.45, 7) is 4.14. The standard InChI is InChI=1S/C14H31N3.C2H4O2/c1-2-3-4-5-6-7-8-9-10-11-12-13-17-14(15)16;1-2(3)4/h2-13H2,1H3,(H4,15,16,17);1H3,(H,3,4). The van der Waals surface area contributed by atoms with Gasteiger partial charge < -0.3 is 16.6 Å². The first-order chi connectivity index (χ1) is 10.0. The fourth-order valence-electron chi connectivity index (χ4n) is 1.98. The number of unbranched alkanes of at least 4 members (excludes halogenated alkanes) is 10. The molecule has 0 aromatic heterocycles. The van der Waals surface area contributed by atoms with E-state index in [2.05, 4.69) is 11.9 Å². The van der Waals surface area contributed by atoms with Crippen LogP contribution in [0.4, 0.5) is 0 Å². The van der Waals surface area contributed by atoms with Crippen molar-refractivity contribution in [1.82, 2.24) is 0 Å². The number of guanidine groups is 1. The van der Waals surface area contributed by atoms with Crippen molar-refractivity contribution >= 4 is 11.9 Å². The highest BCUT2D eigenvalue weighted by atomic mass is 16.4. The summed E-state index contributed by atoms with van der Waals surface area (Å²) in [5.41, 5.74) is 10.5. The molecule has 0 radical (unpaired) electrons. The minimum atomic E-state index is -0.833. The van der Waals surface area contributed by atoms with E-state index in [0.717, 1.165) is 19.9 Å². The number of hydrogen-bond acceptors (Lipinski definition) is 2. The molecule has 5 heteroatoms. The molecule has 0 aromatic rings. The van der Waals surface area contributed by atoms with Gasteiger partial charge in [-0.2, -0.15) is 0 Å². The third kappa shape index (κ3) is 32.4. The summed E-state index contributed by atoms with van der Waals surface area (Å²) < 4.78 is 0. The van der Waals surface area contributed by atoms with Gasteiger partial charge in [0.15, 0.2) is 5.96 Å². The Kier molecular flexibility index (Phi) is 19.7. The SMILES string of the molecule is CC(=O)O.CCCCCCCCCCCCCN=C(N)N. The topological polar surface area (TPSA) is 102 Å². The summed E-state index contributed by atoms with van der Waals surface area (Å²) in [5, 5.41) is 7.42. The zero-order valence-electron chi connectivity index (χ0n) is 13.9. The van der Waals surface area contributed by atoms with Crippen LogP contribution in [0.1, 0.15) is 84.5 Å². The number of nitrogens with zero attached hydrogens (tertiary/aromatic N) is 1. The quantitative estimate of drug-likeness (QED) is 0.291. The van der Waals surface area contributed by atoms with E-state index in [1.54, 1.807) is 0 Å². The maximum atomic E-state index is 9.00. The predicted molar refractivity (Wildman–Crippen MR) is 90.4 cm³/mol. The number of carbonyl (C=O) groups is 1. The second-order valence-electron chi connectivity index (χ2n) is 5.36. The lowest BCUT2D eigenvalue weighted by Crippen LogP contribution is -2.22. The maximum Gasteiger partial charge on any atom is 0.300 e. The summed E-state index contributed by atoms with van der Waals surface area (Å²) in [5.74, 6) is -0.614. The van der Waals surface area contributed by atoms with E-state index in [-0.39, 0.29) is 5.96 Å². The molecule has 0 rings (SSSR count). The number of carboxylic acids is 1. The van der Waals surface area contributed by atoms with Crippen LogP contribution < -0.4 is 11.5 Å². The number of aliphatic imine (C=N–C) groups is 1. The molecule has 0 heterocycles. The van der Waals surface area contributed by atoms with E-state index >= 15 is 0 Å². The molecule has 0 unspecified atom stereocenters. The van der Waals surface area contributed by atoms with Crippen molar-refractivity contribution < 1.29 is 9.90 Å². The molecule has 0 aliphatic rings. The normalized spacial score (nSPS) is 9.62. The Morgan fingerprint density at radius 2 is 1.19 bits per heavy atom. The van der Waals surface area contributed by atoms with Crippen LogP contribution in [0.5, 0.6) is 0 Å². The van der Waals surface area contributed by atoms with Gasteiger partial charge in [0.2, 0.25) is 0 Å². The third-order valence-corrected chi connectivity index (χ3v) is 3.06. The monoisotopic (exact) mass is 301 g/mol. The molecule has 0 saturated carbocycles. The second kappa shape index (κ2) is 18.7. The van der Waals surface area contributed by atoms with Crippen LogP contribution in [0, 0.1) is 0 Å². The highest BCUT2D eigenvalue weighted by Gasteiger charge is 1.92. The Hall–Kier alpha value is -1.26. The van der Waals surface area contributed by atoms with Gasteiger partial charge in [0.05, 0.1) is 0 Å². The number of aliphatic carboxylic acids is 1. The van der Waals surface area contributed by atoms with E-state index in [4.69, 9.17) is 21.4 Å². The molecule has 0 saturated heterocycles. The lowest BCUT2D eigenvalue weighted by atomic mass is 10.1. The predicted octanol–water partition coefficient (Wildman–Crippen LogP) is 3.66. The van der Waals surface area contributed by atoms with Gasteiger partial charge >= 0.3 is 0 Å². The Balaban J connectivity index is 0. The number of rotatable bonds is 12. The van der Waals surface area contributed by atoms with E-state index in [9.17, 15) is 0 Å². The van der Waals surface area contributed by atoms with E-state index in [1.807, 2.05) is 0 Å². The van der Waals surface area contributed by atoms with Crippen molar-refractivity contribution in [2.75, 3.05) is 6.54 Å². The van der Waals surface area contributed by atoms with Crippen molar-refractivity contribution in [3.05, 3.63) is 0 Å². The van der Waals surface area contributed by atoms with Crippen molar-refractivity contribution in [3.8, 4) is 0 Å². The lowest BCUT2D eigenvalue weighted by Gasteiger charge is -2.01. The van der Waals surface area contributed by atoms with Crippen LogP contribution in [0.25, 0.3) is 0 Å². The molecule has 0 spiro atoms. The fraction of sp³-hybridized carbons (Fsp3) is 0.875. The zero-order valence-corrected chi connectivity index (χ0v) is 13.9. The molecule has 0 amide bonds. The van der Waals surface area contributed by atoms with Gasteiger partial charge in [0.1, 0.15) is 0 Å². The summed E-state index contributed by atoms with van der Waals surface area (Å²) in [6, 6.07) is 0. The summed E-state index contributed by atoms with van der Waals surface area (Å²) in [7, 11) is 0. The molecule has 126 valence electrons. The van der Waals surface area contributed by atoms with Gasteiger partial charge in [-0.15, -0.1) is 0 Å². The highest BCUT2D eigenvalue weighted by Crippen LogP contribution is 2.11. The first-order valence-corrected chi connectivity index (χ1v) is 8.25.